The predicted octanol–water partition coefficient (Wildman–Crippen LogP) is 2.31. The number of nitrogens with one attached hydrogen (secondary N) is 2. The van der Waals surface area contributed by atoms with Crippen LogP contribution < -0.4 is 10.6 Å². The molecule has 7 heteroatoms. The first kappa shape index (κ1) is 17.4. The van der Waals surface area contributed by atoms with Crippen LogP contribution in [-0.4, -0.2) is 38.6 Å². The maximum Gasteiger partial charge on any atom is 0.320 e. The topological polar surface area (TPSA) is 92.1 Å². The summed E-state index contributed by atoms with van der Waals surface area (Å²) in [6.45, 7) is 2.50. The predicted molar refractivity (Wildman–Crippen MR) is 95.3 cm³/mol. The third-order valence-corrected chi connectivity index (χ3v) is 4.64. The molecule has 25 heavy (non-hydrogen) atoms. The van der Waals surface area contributed by atoms with Crippen LogP contribution in [0.5, 0.6) is 0 Å². The van der Waals surface area contributed by atoms with Crippen molar-refractivity contribution in [1.29, 1.82) is 0 Å². The highest BCUT2D eigenvalue weighted by molar-refractivity contribution is 5.88. The molecule has 0 spiro atoms. The number of pyridine rings is 1. The van der Waals surface area contributed by atoms with Gasteiger partial charge in [-0.2, -0.15) is 5.10 Å². The van der Waals surface area contributed by atoms with Gasteiger partial charge in [0.25, 0.3) is 0 Å². The largest absolute Gasteiger partial charge is 0.396 e. The summed E-state index contributed by atoms with van der Waals surface area (Å²) >= 11 is 0. The van der Waals surface area contributed by atoms with Crippen molar-refractivity contribution in [3.63, 3.8) is 0 Å². The second kappa shape index (κ2) is 8.11. The quantitative estimate of drug-likeness (QED) is 0.777. The van der Waals surface area contributed by atoms with E-state index in [0.29, 0.717) is 12.4 Å². The second-order valence-corrected chi connectivity index (χ2v) is 6.58. The number of carbonyl (C=O) groups excluding carboxylic acids is 1. The Labute approximate surface area is 147 Å². The summed E-state index contributed by atoms with van der Waals surface area (Å²) in [5.74, 6) is 0.775. The Bertz CT molecular complexity index is 701. The summed E-state index contributed by atoms with van der Waals surface area (Å²) < 4.78 is 1.74. The fourth-order valence-electron chi connectivity index (χ4n) is 3.35. The van der Waals surface area contributed by atoms with Gasteiger partial charge in [-0.05, 0) is 31.9 Å². The molecule has 1 aliphatic rings. The molecule has 3 N–H and O–H groups in total. The Morgan fingerprint density at radius 1 is 1.36 bits per heavy atom. The van der Waals surface area contributed by atoms with Crippen LogP contribution in [0.25, 0.3) is 0 Å². The number of rotatable bonds is 5. The van der Waals surface area contributed by atoms with E-state index in [1.165, 1.54) is 0 Å². The molecular formula is C18H25N5O2. The van der Waals surface area contributed by atoms with Crippen molar-refractivity contribution >= 4 is 11.8 Å². The summed E-state index contributed by atoms with van der Waals surface area (Å²) in [6.07, 6.45) is 5.80. The Hall–Kier alpha value is -2.41. The molecule has 1 fully saturated rings. The van der Waals surface area contributed by atoms with E-state index in [0.717, 1.165) is 37.1 Å². The van der Waals surface area contributed by atoms with Crippen LogP contribution in [-0.2, 0) is 6.54 Å². The van der Waals surface area contributed by atoms with Crippen LogP contribution in [0, 0.1) is 12.8 Å². The van der Waals surface area contributed by atoms with E-state index in [-0.39, 0.29) is 24.6 Å². The molecule has 0 bridgehead atoms. The maximum atomic E-state index is 12.4. The average Bonchev–Trinajstić information content (AvgIpc) is 2.95. The first-order valence-corrected chi connectivity index (χ1v) is 8.78. The van der Waals surface area contributed by atoms with Crippen molar-refractivity contribution in [2.24, 2.45) is 5.92 Å². The standard InChI is InChI=1S/C18H25N5O2/c1-13-10-17(23(22-13)11-15-7-4-5-9-19-15)21-18(25)20-16-8-3-2-6-14(16)12-24/h4-5,7,9-10,14,16,24H,2-3,6,8,11-12H2,1H3,(H2,20,21,25). The highest BCUT2D eigenvalue weighted by Gasteiger charge is 2.26. The smallest absolute Gasteiger partial charge is 0.320 e. The van der Waals surface area contributed by atoms with Crippen molar-refractivity contribution in [2.45, 2.75) is 45.2 Å². The van der Waals surface area contributed by atoms with Crippen LogP contribution in [0.3, 0.4) is 0 Å². The van der Waals surface area contributed by atoms with Gasteiger partial charge < -0.3 is 10.4 Å². The van der Waals surface area contributed by atoms with Gasteiger partial charge in [-0.1, -0.05) is 18.9 Å². The molecule has 3 rings (SSSR count). The fourth-order valence-corrected chi connectivity index (χ4v) is 3.35. The molecule has 0 saturated heterocycles. The van der Waals surface area contributed by atoms with Crippen molar-refractivity contribution in [1.82, 2.24) is 20.1 Å². The van der Waals surface area contributed by atoms with Crippen LogP contribution in [0.15, 0.2) is 30.5 Å². The number of aryl methyl sites for hydroxylation is 1. The second-order valence-electron chi connectivity index (χ2n) is 6.58. The number of aliphatic hydroxyl groups excluding tert-OH is 1. The Kier molecular flexibility index (Phi) is 5.65. The Morgan fingerprint density at radius 3 is 2.96 bits per heavy atom. The van der Waals surface area contributed by atoms with Crippen molar-refractivity contribution in [2.75, 3.05) is 11.9 Å². The molecule has 2 atom stereocenters. The number of hydrogen-bond donors (Lipinski definition) is 3. The van der Waals surface area contributed by atoms with Crippen molar-refractivity contribution in [3.05, 3.63) is 41.9 Å². The number of hydrogen-bond acceptors (Lipinski definition) is 4. The molecule has 2 aromatic rings. The first-order valence-electron chi connectivity index (χ1n) is 8.78. The van der Waals surface area contributed by atoms with Gasteiger partial charge in [0.2, 0.25) is 0 Å². The molecule has 2 aromatic heterocycles. The number of urea groups is 1. The molecule has 2 heterocycles. The summed E-state index contributed by atoms with van der Waals surface area (Å²) in [5.41, 5.74) is 1.71. The molecule has 0 radical (unpaired) electrons. The summed E-state index contributed by atoms with van der Waals surface area (Å²) in [6, 6.07) is 7.32. The number of aromatic nitrogens is 3. The van der Waals surface area contributed by atoms with Crippen molar-refractivity contribution in [3.8, 4) is 0 Å². The lowest BCUT2D eigenvalue weighted by Gasteiger charge is -2.30. The monoisotopic (exact) mass is 343 g/mol. The van der Waals surface area contributed by atoms with Crippen LogP contribution >= 0.6 is 0 Å². The number of carbonyl (C=O) groups is 1. The lowest BCUT2D eigenvalue weighted by Crippen LogP contribution is -2.45. The SMILES string of the molecule is Cc1cc(NC(=O)NC2CCCCC2CO)n(Cc2ccccn2)n1. The van der Waals surface area contributed by atoms with E-state index in [4.69, 9.17) is 0 Å². The third-order valence-electron chi connectivity index (χ3n) is 4.64. The van der Waals surface area contributed by atoms with Crippen LogP contribution in [0.1, 0.15) is 37.1 Å². The minimum absolute atomic E-state index is 0.0204. The molecule has 2 unspecified atom stereocenters. The molecule has 1 saturated carbocycles. The molecule has 1 aliphatic carbocycles. The van der Waals surface area contributed by atoms with E-state index in [9.17, 15) is 9.90 Å². The molecule has 2 amide bonds. The normalized spacial score (nSPS) is 20.2. The zero-order chi connectivity index (χ0) is 17.6. The minimum Gasteiger partial charge on any atom is -0.396 e. The van der Waals surface area contributed by atoms with E-state index < -0.39 is 0 Å². The Balaban J connectivity index is 1.65. The fraction of sp³-hybridized carbons (Fsp3) is 0.500. The van der Waals surface area contributed by atoms with Crippen LogP contribution in [0.4, 0.5) is 10.6 Å². The van der Waals surface area contributed by atoms with Gasteiger partial charge in [0.15, 0.2) is 0 Å². The number of aliphatic hydroxyl groups is 1. The van der Waals surface area contributed by atoms with Crippen molar-refractivity contribution < 1.29 is 9.90 Å². The molecule has 134 valence electrons. The molecule has 0 aromatic carbocycles. The van der Waals surface area contributed by atoms with Gasteiger partial charge in [0.1, 0.15) is 5.82 Å². The molecule has 7 nitrogen and oxygen atoms in total. The zero-order valence-electron chi connectivity index (χ0n) is 14.5. The number of nitrogens with zero attached hydrogens (tertiary/aromatic N) is 3. The van der Waals surface area contributed by atoms with Gasteiger partial charge in [-0.15, -0.1) is 0 Å². The molecule has 0 aliphatic heterocycles. The van der Waals surface area contributed by atoms with Gasteiger partial charge >= 0.3 is 6.03 Å². The van der Waals surface area contributed by atoms with Gasteiger partial charge in [0, 0.05) is 30.8 Å². The highest BCUT2D eigenvalue weighted by atomic mass is 16.3. The molecular weight excluding hydrogens is 318 g/mol. The minimum atomic E-state index is -0.257. The lowest BCUT2D eigenvalue weighted by molar-refractivity contribution is 0.156. The first-order chi connectivity index (χ1) is 12.2. The van der Waals surface area contributed by atoms with E-state index >= 15 is 0 Å². The van der Waals surface area contributed by atoms with Gasteiger partial charge in [-0.3, -0.25) is 10.3 Å². The summed E-state index contributed by atoms with van der Waals surface area (Å²) in [5, 5.41) is 19.8. The highest BCUT2D eigenvalue weighted by Crippen LogP contribution is 2.24. The third kappa shape index (κ3) is 4.57. The summed E-state index contributed by atoms with van der Waals surface area (Å²) in [7, 11) is 0. The number of anilines is 1. The number of amides is 2. The van der Waals surface area contributed by atoms with E-state index in [2.05, 4.69) is 20.7 Å². The van der Waals surface area contributed by atoms with E-state index in [1.807, 2.05) is 31.2 Å². The average molecular weight is 343 g/mol. The lowest BCUT2D eigenvalue weighted by atomic mass is 9.85. The Morgan fingerprint density at radius 2 is 2.20 bits per heavy atom. The van der Waals surface area contributed by atoms with Gasteiger partial charge in [-0.25, -0.2) is 9.48 Å². The maximum absolute atomic E-state index is 12.4. The zero-order valence-corrected chi connectivity index (χ0v) is 14.5. The van der Waals surface area contributed by atoms with E-state index in [1.54, 1.807) is 10.9 Å². The van der Waals surface area contributed by atoms with Gasteiger partial charge in [0.05, 0.1) is 17.9 Å². The van der Waals surface area contributed by atoms with Crippen LogP contribution in [0.2, 0.25) is 0 Å². The summed E-state index contributed by atoms with van der Waals surface area (Å²) in [4.78, 5) is 16.7.